The van der Waals surface area contributed by atoms with Crippen LogP contribution in [0.25, 0.3) is 0 Å². The van der Waals surface area contributed by atoms with Gasteiger partial charge in [-0.2, -0.15) is 5.26 Å². The first kappa shape index (κ1) is 10.9. The number of aliphatic imine (C=N–C) groups is 1. The number of carbonyl (C=O) groups is 2. The molecule has 1 fully saturated rings. The zero-order valence-electron chi connectivity index (χ0n) is 8.35. The Morgan fingerprint density at radius 1 is 1.62 bits per heavy atom. The maximum atomic E-state index is 11.7. The van der Waals surface area contributed by atoms with Crippen molar-refractivity contribution in [3.63, 3.8) is 0 Å². The van der Waals surface area contributed by atoms with Gasteiger partial charge in [0.1, 0.15) is 6.54 Å². The molecule has 0 bridgehead atoms. The first-order valence-corrected chi connectivity index (χ1v) is 5.30. The van der Waals surface area contributed by atoms with Gasteiger partial charge in [-0.05, 0) is 15.9 Å². The standard InChI is InChI=1S/C8H8BrN5O2/c1-13-5-4(6(15)12-8(13)16)14(3-2-10)7(9)11-5/h4-5H,3H2,1H3,(H,12,15,16). The zero-order chi connectivity index (χ0) is 11.9. The van der Waals surface area contributed by atoms with E-state index in [1.807, 2.05) is 6.07 Å². The summed E-state index contributed by atoms with van der Waals surface area (Å²) in [5, 5.41) is 10.9. The van der Waals surface area contributed by atoms with Crippen molar-refractivity contribution in [1.82, 2.24) is 15.1 Å². The van der Waals surface area contributed by atoms with E-state index in [0.717, 1.165) is 0 Å². The van der Waals surface area contributed by atoms with Crippen molar-refractivity contribution in [1.29, 1.82) is 5.26 Å². The molecule has 0 aromatic carbocycles. The number of nitrogens with zero attached hydrogens (tertiary/aromatic N) is 4. The fraction of sp³-hybridized carbons (Fsp3) is 0.500. The first-order valence-electron chi connectivity index (χ1n) is 4.51. The molecule has 8 heteroatoms. The number of urea groups is 1. The average molecular weight is 286 g/mol. The lowest BCUT2D eigenvalue weighted by molar-refractivity contribution is -0.126. The van der Waals surface area contributed by atoms with Gasteiger partial charge >= 0.3 is 6.03 Å². The molecule has 2 aliphatic rings. The van der Waals surface area contributed by atoms with Gasteiger partial charge in [0.15, 0.2) is 17.0 Å². The molecule has 2 heterocycles. The molecular weight excluding hydrogens is 278 g/mol. The van der Waals surface area contributed by atoms with Crippen molar-refractivity contribution in [3.8, 4) is 6.07 Å². The van der Waals surface area contributed by atoms with E-state index in [9.17, 15) is 9.59 Å². The third kappa shape index (κ3) is 1.44. The van der Waals surface area contributed by atoms with Crippen molar-refractivity contribution in [2.75, 3.05) is 13.6 Å². The Kier molecular flexibility index (Phi) is 2.55. The lowest BCUT2D eigenvalue weighted by Gasteiger charge is -2.34. The predicted octanol–water partition coefficient (Wildman–Crippen LogP) is -0.547. The number of halogens is 1. The lowest BCUT2D eigenvalue weighted by Crippen LogP contribution is -2.63. The molecule has 84 valence electrons. The second-order valence-corrected chi connectivity index (χ2v) is 4.16. The highest BCUT2D eigenvalue weighted by atomic mass is 79.9. The molecular formula is C8H8BrN5O2. The predicted molar refractivity (Wildman–Crippen MR) is 57.6 cm³/mol. The average Bonchev–Trinajstić information content (AvgIpc) is 2.54. The molecule has 7 nitrogen and oxygen atoms in total. The van der Waals surface area contributed by atoms with E-state index >= 15 is 0 Å². The van der Waals surface area contributed by atoms with Crippen LogP contribution in [0.1, 0.15) is 0 Å². The number of nitrogens with one attached hydrogen (secondary N) is 1. The van der Waals surface area contributed by atoms with Crippen molar-refractivity contribution in [3.05, 3.63) is 0 Å². The summed E-state index contributed by atoms with van der Waals surface area (Å²) in [6.45, 7) is 0.0424. The number of amidine groups is 1. The number of imide groups is 1. The maximum absolute atomic E-state index is 11.7. The molecule has 0 aromatic heterocycles. The highest BCUT2D eigenvalue weighted by molar-refractivity contribution is 9.18. The van der Waals surface area contributed by atoms with Crippen LogP contribution < -0.4 is 5.32 Å². The van der Waals surface area contributed by atoms with Gasteiger partial charge in [-0.3, -0.25) is 10.1 Å². The van der Waals surface area contributed by atoms with Gasteiger partial charge in [0.25, 0.3) is 5.91 Å². The highest BCUT2D eigenvalue weighted by Gasteiger charge is 2.47. The molecule has 0 aromatic rings. The summed E-state index contributed by atoms with van der Waals surface area (Å²) in [6, 6.07) is 0.846. The molecule has 0 saturated carbocycles. The summed E-state index contributed by atoms with van der Waals surface area (Å²) in [6.07, 6.45) is -0.566. The number of amides is 3. The smallest absolute Gasteiger partial charge is 0.322 e. The van der Waals surface area contributed by atoms with Gasteiger partial charge in [0, 0.05) is 7.05 Å². The van der Waals surface area contributed by atoms with Gasteiger partial charge in [0.2, 0.25) is 0 Å². The monoisotopic (exact) mass is 285 g/mol. The number of likely N-dealkylation sites (N-methyl/N-ethyl adjacent to an activating group) is 1. The van der Waals surface area contributed by atoms with Crippen LogP contribution >= 0.6 is 15.9 Å². The summed E-state index contributed by atoms with van der Waals surface area (Å²) in [7, 11) is 1.55. The topological polar surface area (TPSA) is 88.8 Å². The second kappa shape index (κ2) is 3.75. The Labute approximate surface area is 99.8 Å². The Morgan fingerprint density at radius 2 is 2.31 bits per heavy atom. The van der Waals surface area contributed by atoms with Crippen LogP contribution in [-0.4, -0.2) is 52.3 Å². The molecule has 0 spiro atoms. The van der Waals surface area contributed by atoms with Crippen molar-refractivity contribution < 1.29 is 9.59 Å². The summed E-state index contributed by atoms with van der Waals surface area (Å²) in [4.78, 5) is 30.0. The molecule has 1 saturated heterocycles. The molecule has 16 heavy (non-hydrogen) atoms. The first-order chi connectivity index (χ1) is 7.56. The van der Waals surface area contributed by atoms with Gasteiger partial charge < -0.3 is 9.80 Å². The van der Waals surface area contributed by atoms with E-state index in [4.69, 9.17) is 5.26 Å². The van der Waals surface area contributed by atoms with Crippen LogP contribution in [0, 0.1) is 11.3 Å². The molecule has 2 rings (SSSR count). The van der Waals surface area contributed by atoms with Crippen molar-refractivity contribution >= 4 is 32.6 Å². The summed E-state index contributed by atoms with van der Waals surface area (Å²) in [5.74, 6) is -0.429. The fourth-order valence-corrected chi connectivity index (χ4v) is 2.29. The van der Waals surface area contributed by atoms with Crippen LogP contribution in [-0.2, 0) is 4.79 Å². The SMILES string of the molecule is CN1C(=O)NC(=O)C2C1N=C(Br)N2CC#N. The highest BCUT2D eigenvalue weighted by Crippen LogP contribution is 2.25. The molecule has 2 unspecified atom stereocenters. The minimum atomic E-state index is -0.628. The Hall–Kier alpha value is -1.62. The fourth-order valence-electron chi connectivity index (χ4n) is 1.73. The van der Waals surface area contributed by atoms with E-state index < -0.39 is 24.1 Å². The number of fused-ring (bicyclic) bond motifs is 1. The van der Waals surface area contributed by atoms with Crippen molar-refractivity contribution in [2.24, 2.45) is 4.99 Å². The number of hydrogen-bond acceptors (Lipinski definition) is 5. The number of rotatable bonds is 1. The van der Waals surface area contributed by atoms with Gasteiger partial charge in [-0.15, -0.1) is 0 Å². The van der Waals surface area contributed by atoms with E-state index in [-0.39, 0.29) is 6.54 Å². The van der Waals surface area contributed by atoms with Crippen LogP contribution in [0.5, 0.6) is 0 Å². The largest absolute Gasteiger partial charge is 0.325 e. The normalized spacial score (nSPS) is 28.4. The van der Waals surface area contributed by atoms with Crippen LogP contribution in [0.3, 0.4) is 0 Å². The number of hydrogen-bond donors (Lipinski definition) is 1. The summed E-state index contributed by atoms with van der Waals surface area (Å²) in [5.41, 5.74) is 0. The van der Waals surface area contributed by atoms with Gasteiger partial charge in [0.05, 0.1) is 6.07 Å². The number of nitriles is 1. The van der Waals surface area contributed by atoms with E-state index in [2.05, 4.69) is 26.2 Å². The van der Waals surface area contributed by atoms with Crippen LogP contribution in [0.4, 0.5) is 4.79 Å². The third-order valence-corrected chi connectivity index (χ3v) is 3.21. The molecule has 2 atom stereocenters. The summed E-state index contributed by atoms with van der Waals surface area (Å²) < 4.78 is 0.417. The van der Waals surface area contributed by atoms with E-state index in [0.29, 0.717) is 4.74 Å². The van der Waals surface area contributed by atoms with Gasteiger partial charge in [-0.1, -0.05) is 0 Å². The number of carbonyl (C=O) groups excluding carboxylic acids is 2. The van der Waals surface area contributed by atoms with E-state index in [1.54, 1.807) is 7.05 Å². The minimum absolute atomic E-state index is 0.0424. The van der Waals surface area contributed by atoms with E-state index in [1.165, 1.54) is 9.80 Å². The Morgan fingerprint density at radius 3 is 2.94 bits per heavy atom. The third-order valence-electron chi connectivity index (χ3n) is 2.55. The quantitative estimate of drug-likeness (QED) is 0.517. The maximum Gasteiger partial charge on any atom is 0.325 e. The second-order valence-electron chi connectivity index (χ2n) is 3.45. The minimum Gasteiger partial charge on any atom is -0.322 e. The van der Waals surface area contributed by atoms with Crippen LogP contribution in [0.2, 0.25) is 0 Å². The molecule has 0 radical (unpaired) electrons. The Balaban J connectivity index is 2.32. The van der Waals surface area contributed by atoms with Crippen molar-refractivity contribution in [2.45, 2.75) is 12.2 Å². The zero-order valence-corrected chi connectivity index (χ0v) is 9.93. The summed E-state index contributed by atoms with van der Waals surface area (Å²) >= 11 is 3.18. The van der Waals surface area contributed by atoms with Crippen LogP contribution in [0.15, 0.2) is 4.99 Å². The molecule has 2 aliphatic heterocycles. The molecule has 1 N–H and O–H groups in total. The van der Waals surface area contributed by atoms with Gasteiger partial charge in [-0.25, -0.2) is 9.79 Å². The molecule has 0 aliphatic carbocycles. The molecule has 3 amide bonds. The lowest BCUT2D eigenvalue weighted by atomic mass is 10.1. The Bertz CT molecular complexity index is 429.